The zero-order valence-corrected chi connectivity index (χ0v) is 33.5. The van der Waals surface area contributed by atoms with Crippen molar-refractivity contribution in [1.29, 1.82) is 0 Å². The van der Waals surface area contributed by atoms with Crippen LogP contribution in [0.2, 0.25) is 0 Å². The number of aliphatic hydroxyl groups is 1. The van der Waals surface area contributed by atoms with Gasteiger partial charge in [0.1, 0.15) is 12.1 Å². The standard InChI is InChI=1S/C34H63N13O7S2/c35-18-1-11-26(24(37)15-18)44-40-20-3-7-22(8-4-20)42-46-32-28(55-54-53-49)13-17-14-29(56(50,51)52)33(34(48)30(17)31(32)39)47-43-23-9-5-21(6-10-23)41-45-27-12-2-19(36)16-25(27)38/h17-34,48-49H,1-16,35-39H2,(H,50,51,52)/p-2. The molecule has 6 aliphatic rings. The van der Waals surface area contributed by atoms with Gasteiger partial charge in [0.25, 0.3) is 0 Å². The minimum Gasteiger partial charge on any atom is -0.748 e. The minimum absolute atomic E-state index is 0.00530. The predicted molar refractivity (Wildman–Crippen MR) is 203 cm³/mol. The molecule has 14 unspecified atom stereocenters. The summed E-state index contributed by atoms with van der Waals surface area (Å²) in [5, 5.41) is 60.6. The summed E-state index contributed by atoms with van der Waals surface area (Å²) in [6.07, 6.45) is 9.49. The molecule has 0 spiro atoms. The van der Waals surface area contributed by atoms with E-state index in [1.165, 1.54) is 0 Å². The molecular weight excluding hydrogens is 767 g/mol. The van der Waals surface area contributed by atoms with Crippen molar-refractivity contribution in [2.45, 2.75) is 198 Å². The third kappa shape index (κ3) is 11.3. The van der Waals surface area contributed by atoms with Crippen LogP contribution >= 0.6 is 12.0 Å². The fourth-order valence-electron chi connectivity index (χ4n) is 9.79. The number of nitrogens with zero attached hydrogens (tertiary/aromatic N) is 8. The Kier molecular flexibility index (Phi) is 15.7. The molecule has 0 radical (unpaired) electrons. The summed E-state index contributed by atoms with van der Waals surface area (Å²) in [5.41, 5.74) is 31.4. The van der Waals surface area contributed by atoms with E-state index in [2.05, 4.69) is 46.0 Å². The van der Waals surface area contributed by atoms with E-state index in [1.54, 1.807) is 0 Å². The van der Waals surface area contributed by atoms with Gasteiger partial charge in [0, 0.05) is 48.2 Å². The summed E-state index contributed by atoms with van der Waals surface area (Å²) in [6.45, 7) is 0. The lowest BCUT2D eigenvalue weighted by atomic mass is 9.64. The van der Waals surface area contributed by atoms with E-state index in [0.717, 1.165) is 89.1 Å². The Morgan fingerprint density at radius 3 is 1.46 bits per heavy atom. The molecule has 6 aliphatic carbocycles. The van der Waals surface area contributed by atoms with Crippen molar-refractivity contribution in [3.63, 3.8) is 0 Å². The topological polar surface area (TPSA) is 348 Å². The number of hydrogen-bond acceptors (Lipinski definition) is 21. The molecule has 0 aromatic rings. The van der Waals surface area contributed by atoms with E-state index in [0.29, 0.717) is 12.8 Å². The number of nitrogens with two attached hydrogens (primary N) is 5. The van der Waals surface area contributed by atoms with Crippen LogP contribution in [-0.2, 0) is 19.5 Å². The molecule has 0 amide bonds. The molecule has 0 aromatic carbocycles. The van der Waals surface area contributed by atoms with Crippen molar-refractivity contribution in [3.8, 4) is 0 Å². The number of fused-ring (bicyclic) bond motifs is 1. The lowest BCUT2D eigenvalue weighted by molar-refractivity contribution is -0.777. The lowest BCUT2D eigenvalue weighted by Gasteiger charge is -2.51. The van der Waals surface area contributed by atoms with Crippen molar-refractivity contribution < 1.29 is 32.7 Å². The van der Waals surface area contributed by atoms with Crippen LogP contribution in [0.15, 0.2) is 40.9 Å². The normalized spacial score (nSPS) is 45.9. The van der Waals surface area contributed by atoms with Crippen LogP contribution in [0.25, 0.3) is 0 Å². The second kappa shape index (κ2) is 20.0. The molecule has 6 saturated carbocycles. The molecule has 11 N–H and O–H groups in total. The third-order valence-corrected chi connectivity index (χ3v) is 15.2. The van der Waals surface area contributed by atoms with Crippen LogP contribution in [0, 0.1) is 11.8 Å². The molecule has 56 heavy (non-hydrogen) atoms. The first-order chi connectivity index (χ1) is 26.8. The van der Waals surface area contributed by atoms with Gasteiger partial charge in [-0.1, -0.05) is 0 Å². The molecule has 318 valence electrons. The van der Waals surface area contributed by atoms with E-state index < -0.39 is 56.7 Å². The van der Waals surface area contributed by atoms with Gasteiger partial charge in [-0.25, -0.2) is 8.42 Å². The van der Waals surface area contributed by atoms with E-state index in [4.69, 9.17) is 33.0 Å². The highest BCUT2D eigenvalue weighted by Crippen LogP contribution is 2.47. The Hall–Kier alpha value is -1.70. The van der Waals surface area contributed by atoms with Crippen molar-refractivity contribution in [1.82, 2.24) is 0 Å². The van der Waals surface area contributed by atoms with E-state index in [-0.39, 0.29) is 73.3 Å². The van der Waals surface area contributed by atoms with Gasteiger partial charge >= 0.3 is 0 Å². The maximum atomic E-state index is 12.6. The second-order valence-electron chi connectivity index (χ2n) is 17.1. The van der Waals surface area contributed by atoms with Crippen molar-refractivity contribution >= 4 is 22.2 Å². The second-order valence-corrected chi connectivity index (χ2v) is 19.6. The van der Waals surface area contributed by atoms with Crippen LogP contribution in [0.5, 0.6) is 0 Å². The van der Waals surface area contributed by atoms with Crippen LogP contribution in [-0.4, -0.2) is 113 Å². The van der Waals surface area contributed by atoms with Gasteiger partial charge in [0.2, 0.25) is 0 Å². The molecular formula is C34H61N13O7S2-2. The molecule has 6 rings (SSSR count). The molecule has 6 fully saturated rings. The molecule has 22 heteroatoms. The molecule has 0 bridgehead atoms. The molecule has 0 aromatic heterocycles. The summed E-state index contributed by atoms with van der Waals surface area (Å²) in [5.74, 6) is -1.17. The summed E-state index contributed by atoms with van der Waals surface area (Å²) in [7, 11) is -4.89. The fourth-order valence-corrected chi connectivity index (χ4v) is 11.6. The first-order valence-electron chi connectivity index (χ1n) is 20.4. The van der Waals surface area contributed by atoms with Crippen molar-refractivity contribution in [2.75, 3.05) is 0 Å². The Balaban J connectivity index is 1.07. The Bertz CT molecular complexity index is 1480. The smallest absolute Gasteiger partial charge is 0.113 e. The highest BCUT2D eigenvalue weighted by atomic mass is 32.2. The van der Waals surface area contributed by atoms with Crippen molar-refractivity contribution in [3.05, 3.63) is 0 Å². The quantitative estimate of drug-likeness (QED) is 0.0534. The van der Waals surface area contributed by atoms with Crippen LogP contribution in [0.1, 0.15) is 103 Å². The van der Waals surface area contributed by atoms with E-state index >= 15 is 0 Å². The first kappa shape index (κ1) is 43.9. The van der Waals surface area contributed by atoms with Gasteiger partial charge in [-0.15, -0.1) is 0 Å². The van der Waals surface area contributed by atoms with E-state index in [9.17, 15) is 23.3 Å². The van der Waals surface area contributed by atoms with Gasteiger partial charge in [0.05, 0.1) is 63.0 Å². The monoisotopic (exact) mass is 827 g/mol. The predicted octanol–water partition coefficient (Wildman–Crippen LogP) is 1.45. The van der Waals surface area contributed by atoms with Gasteiger partial charge in [-0.05, 0) is 109 Å². The number of hydrogen-bond donors (Lipinski definition) is 6. The average molecular weight is 828 g/mol. The Labute approximate surface area is 333 Å². The summed E-state index contributed by atoms with van der Waals surface area (Å²) < 4.78 is 42.6. The zero-order valence-electron chi connectivity index (χ0n) is 31.9. The summed E-state index contributed by atoms with van der Waals surface area (Å²) in [6, 6.07) is -3.00. The van der Waals surface area contributed by atoms with Gasteiger partial charge in [0.15, 0.2) is 0 Å². The SMILES string of the molecule is NC1CCC(N=NC2CCC(N=NC3C(SOO[O-])CC4CC(S(=O)(=O)[O-])C(N=NC5CCC(N=NC6CCC(N)CC6N)CC5)C(O)C4C3N)CC2)C(N)C1. The maximum absolute atomic E-state index is 12.6. The molecule has 14 atom stereocenters. The van der Waals surface area contributed by atoms with Crippen LogP contribution in [0.4, 0.5) is 0 Å². The maximum Gasteiger partial charge on any atom is 0.113 e. The Morgan fingerprint density at radius 2 is 1.04 bits per heavy atom. The number of aliphatic hydroxyl groups excluding tert-OH is 1. The molecule has 20 nitrogen and oxygen atoms in total. The largest absolute Gasteiger partial charge is 0.748 e. The third-order valence-electron chi connectivity index (χ3n) is 13.1. The first-order valence-corrected chi connectivity index (χ1v) is 22.7. The van der Waals surface area contributed by atoms with Crippen LogP contribution in [0.3, 0.4) is 0 Å². The zero-order chi connectivity index (χ0) is 40.0. The molecule has 0 saturated heterocycles. The molecule has 0 heterocycles. The van der Waals surface area contributed by atoms with Gasteiger partial charge in [-0.3, -0.25) is 5.04 Å². The molecule has 0 aliphatic heterocycles. The minimum atomic E-state index is -4.89. The van der Waals surface area contributed by atoms with E-state index in [1.807, 2.05) is 0 Å². The van der Waals surface area contributed by atoms with Gasteiger partial charge in [-0.2, -0.15) is 45.2 Å². The summed E-state index contributed by atoms with van der Waals surface area (Å²) >= 11 is 0.733. The Morgan fingerprint density at radius 1 is 0.589 bits per heavy atom. The van der Waals surface area contributed by atoms with Crippen molar-refractivity contribution in [2.24, 2.45) is 81.4 Å². The highest BCUT2D eigenvalue weighted by Gasteiger charge is 2.55. The van der Waals surface area contributed by atoms with Crippen LogP contribution < -0.4 is 33.9 Å². The summed E-state index contributed by atoms with van der Waals surface area (Å²) in [4.78, 5) is 0. The van der Waals surface area contributed by atoms with Gasteiger partial charge < -0.3 is 43.6 Å². The number of rotatable bonds is 12. The highest BCUT2D eigenvalue weighted by molar-refractivity contribution is 7.95. The number of azo groups is 4. The average Bonchev–Trinajstić information content (AvgIpc) is 3.16. The lowest BCUT2D eigenvalue weighted by Crippen LogP contribution is -2.63. The fraction of sp³-hybridized carbons (Fsp3) is 1.00.